The van der Waals surface area contributed by atoms with E-state index in [1.54, 1.807) is 18.2 Å². The van der Waals surface area contributed by atoms with Gasteiger partial charge in [0.05, 0.1) is 10.6 Å². The average Bonchev–Trinajstić information content (AvgIpc) is 3.08. The van der Waals surface area contributed by atoms with E-state index >= 15 is 0 Å². The first-order valence-corrected chi connectivity index (χ1v) is 8.42. The highest BCUT2D eigenvalue weighted by molar-refractivity contribution is 9.10. The highest BCUT2D eigenvalue weighted by Crippen LogP contribution is 2.27. The first-order chi connectivity index (χ1) is 11.2. The van der Waals surface area contributed by atoms with Gasteiger partial charge in [0.2, 0.25) is 0 Å². The van der Waals surface area contributed by atoms with Crippen LogP contribution in [-0.4, -0.2) is 25.2 Å². The lowest BCUT2D eigenvalue weighted by Crippen LogP contribution is -2.16. The van der Waals surface area contributed by atoms with Crippen molar-refractivity contribution in [3.05, 3.63) is 58.6 Å². The minimum absolute atomic E-state index is 0.150. The molecule has 4 nitrogen and oxygen atoms in total. The van der Waals surface area contributed by atoms with Gasteiger partial charge in [-0.1, -0.05) is 18.2 Å². The summed E-state index contributed by atoms with van der Waals surface area (Å²) in [6.07, 6.45) is 2.30. The van der Waals surface area contributed by atoms with Crippen LogP contribution in [0.3, 0.4) is 0 Å². The lowest BCUT2D eigenvalue weighted by Gasteiger charge is -2.13. The molecule has 5 heteroatoms. The predicted molar refractivity (Wildman–Crippen MR) is 93.0 cm³/mol. The molecule has 2 aromatic carbocycles. The molecule has 1 heterocycles. The molecule has 1 fully saturated rings. The van der Waals surface area contributed by atoms with Crippen LogP contribution in [0.25, 0.3) is 0 Å². The maximum Gasteiger partial charge on any atom is 0.255 e. The molecular formula is C18H18BrNO3. The second-order valence-corrected chi connectivity index (χ2v) is 6.27. The molecule has 0 aromatic heterocycles. The summed E-state index contributed by atoms with van der Waals surface area (Å²) in [4.78, 5) is 12.3. The van der Waals surface area contributed by atoms with Gasteiger partial charge in [0.15, 0.2) is 0 Å². The number of benzene rings is 2. The van der Waals surface area contributed by atoms with Crippen LogP contribution >= 0.6 is 15.9 Å². The zero-order valence-corrected chi connectivity index (χ0v) is 14.2. The summed E-state index contributed by atoms with van der Waals surface area (Å²) in [7, 11) is 0. The summed E-state index contributed by atoms with van der Waals surface area (Å²) in [6.45, 7) is 1.35. The number of para-hydroxylation sites is 1. The van der Waals surface area contributed by atoms with Gasteiger partial charge in [-0.05, 0) is 59.1 Å². The van der Waals surface area contributed by atoms with Gasteiger partial charge >= 0.3 is 0 Å². The van der Waals surface area contributed by atoms with Gasteiger partial charge in [0.1, 0.15) is 12.4 Å². The van der Waals surface area contributed by atoms with E-state index in [2.05, 4.69) is 21.2 Å². The van der Waals surface area contributed by atoms with E-state index in [1.807, 2.05) is 30.3 Å². The Morgan fingerprint density at radius 2 is 2.09 bits per heavy atom. The SMILES string of the molecule is O=C(Nc1ccccc1)c1ccc(OC[C@@H]2CCCO2)c(Br)c1. The molecule has 0 aliphatic carbocycles. The Balaban J connectivity index is 1.62. The number of ether oxygens (including phenoxy) is 2. The second kappa shape index (κ2) is 7.62. The molecule has 23 heavy (non-hydrogen) atoms. The van der Waals surface area contributed by atoms with Crippen LogP contribution in [0.2, 0.25) is 0 Å². The quantitative estimate of drug-likeness (QED) is 0.848. The maximum atomic E-state index is 12.3. The first-order valence-electron chi connectivity index (χ1n) is 7.63. The van der Waals surface area contributed by atoms with Crippen LogP contribution in [0, 0.1) is 0 Å². The molecule has 1 aliphatic rings. The van der Waals surface area contributed by atoms with Crippen molar-refractivity contribution in [2.45, 2.75) is 18.9 Å². The average molecular weight is 376 g/mol. The number of halogens is 1. The van der Waals surface area contributed by atoms with Gasteiger partial charge in [0, 0.05) is 17.9 Å². The highest BCUT2D eigenvalue weighted by atomic mass is 79.9. The zero-order valence-electron chi connectivity index (χ0n) is 12.6. The lowest BCUT2D eigenvalue weighted by molar-refractivity contribution is 0.0677. The molecule has 1 saturated heterocycles. The zero-order chi connectivity index (χ0) is 16.1. The summed E-state index contributed by atoms with van der Waals surface area (Å²) in [5.41, 5.74) is 1.34. The summed E-state index contributed by atoms with van der Waals surface area (Å²) >= 11 is 3.46. The Kier molecular flexibility index (Phi) is 5.31. The Labute approximate surface area is 143 Å². The van der Waals surface area contributed by atoms with Crippen LogP contribution in [0.15, 0.2) is 53.0 Å². The molecule has 0 bridgehead atoms. The van der Waals surface area contributed by atoms with Crippen molar-refractivity contribution in [3.63, 3.8) is 0 Å². The number of carbonyl (C=O) groups excluding carboxylic acids is 1. The molecule has 0 radical (unpaired) electrons. The molecule has 0 saturated carbocycles. The van der Waals surface area contributed by atoms with E-state index in [0.29, 0.717) is 12.2 Å². The molecular weight excluding hydrogens is 358 g/mol. The molecule has 0 unspecified atom stereocenters. The summed E-state index contributed by atoms with van der Waals surface area (Å²) in [5.74, 6) is 0.569. The smallest absolute Gasteiger partial charge is 0.255 e. The molecule has 120 valence electrons. The van der Waals surface area contributed by atoms with E-state index in [0.717, 1.165) is 35.4 Å². The molecule has 3 rings (SSSR count). The molecule has 1 amide bonds. The normalized spacial score (nSPS) is 17.0. The van der Waals surface area contributed by atoms with Crippen LogP contribution < -0.4 is 10.1 Å². The van der Waals surface area contributed by atoms with Gasteiger partial charge < -0.3 is 14.8 Å². The predicted octanol–water partition coefficient (Wildman–Crippen LogP) is 4.26. The van der Waals surface area contributed by atoms with Crippen molar-refractivity contribution < 1.29 is 14.3 Å². The van der Waals surface area contributed by atoms with Gasteiger partial charge in [-0.2, -0.15) is 0 Å². The first kappa shape index (κ1) is 16.0. The maximum absolute atomic E-state index is 12.3. The molecule has 1 atom stereocenters. The highest BCUT2D eigenvalue weighted by Gasteiger charge is 2.17. The van der Waals surface area contributed by atoms with Gasteiger partial charge in [-0.15, -0.1) is 0 Å². The Bertz CT molecular complexity index is 669. The standard InChI is InChI=1S/C18H18BrNO3/c19-16-11-13(18(21)20-14-5-2-1-3-6-14)8-9-17(16)23-12-15-7-4-10-22-15/h1-3,5-6,8-9,11,15H,4,7,10,12H2,(H,20,21)/t15-/m0/s1. The van der Waals surface area contributed by atoms with Crippen molar-refractivity contribution in [1.29, 1.82) is 0 Å². The number of anilines is 1. The number of nitrogens with one attached hydrogen (secondary N) is 1. The summed E-state index contributed by atoms with van der Waals surface area (Å²) in [6, 6.07) is 14.7. The number of amides is 1. The fourth-order valence-electron chi connectivity index (χ4n) is 2.44. The molecule has 0 spiro atoms. The molecule has 2 aromatic rings. The van der Waals surface area contributed by atoms with E-state index in [-0.39, 0.29) is 12.0 Å². The van der Waals surface area contributed by atoms with Gasteiger partial charge in [-0.25, -0.2) is 0 Å². The van der Waals surface area contributed by atoms with Crippen LogP contribution in [-0.2, 0) is 4.74 Å². The van der Waals surface area contributed by atoms with Crippen LogP contribution in [0.4, 0.5) is 5.69 Å². The van der Waals surface area contributed by atoms with E-state index < -0.39 is 0 Å². The lowest BCUT2D eigenvalue weighted by atomic mass is 10.2. The Morgan fingerprint density at radius 3 is 2.78 bits per heavy atom. The minimum atomic E-state index is -0.150. The van der Waals surface area contributed by atoms with Gasteiger partial charge in [-0.3, -0.25) is 4.79 Å². The third-order valence-electron chi connectivity index (χ3n) is 3.67. The molecule has 1 aliphatic heterocycles. The van der Waals surface area contributed by atoms with Gasteiger partial charge in [0.25, 0.3) is 5.91 Å². The second-order valence-electron chi connectivity index (χ2n) is 5.41. The summed E-state index contributed by atoms with van der Waals surface area (Å²) < 4.78 is 12.1. The molecule has 1 N–H and O–H groups in total. The van der Waals surface area contributed by atoms with Crippen LogP contribution in [0.5, 0.6) is 5.75 Å². The van der Waals surface area contributed by atoms with Crippen molar-refractivity contribution >= 4 is 27.5 Å². The van der Waals surface area contributed by atoms with E-state index in [1.165, 1.54) is 0 Å². The van der Waals surface area contributed by atoms with Crippen molar-refractivity contribution in [1.82, 2.24) is 0 Å². The van der Waals surface area contributed by atoms with E-state index in [9.17, 15) is 4.79 Å². The number of hydrogen-bond donors (Lipinski definition) is 1. The van der Waals surface area contributed by atoms with Crippen molar-refractivity contribution in [2.75, 3.05) is 18.5 Å². The third kappa shape index (κ3) is 4.33. The minimum Gasteiger partial charge on any atom is -0.490 e. The Morgan fingerprint density at radius 1 is 1.26 bits per heavy atom. The third-order valence-corrected chi connectivity index (χ3v) is 4.29. The fraction of sp³-hybridized carbons (Fsp3) is 0.278. The largest absolute Gasteiger partial charge is 0.490 e. The van der Waals surface area contributed by atoms with E-state index in [4.69, 9.17) is 9.47 Å². The topological polar surface area (TPSA) is 47.6 Å². The Hall–Kier alpha value is -1.85. The fourth-order valence-corrected chi connectivity index (χ4v) is 2.94. The number of rotatable bonds is 5. The summed E-state index contributed by atoms with van der Waals surface area (Å²) in [5, 5.41) is 2.86. The number of carbonyl (C=O) groups is 1. The van der Waals surface area contributed by atoms with Crippen LogP contribution in [0.1, 0.15) is 23.2 Å². The van der Waals surface area contributed by atoms with Crippen molar-refractivity contribution in [3.8, 4) is 5.75 Å². The monoisotopic (exact) mass is 375 g/mol. The number of hydrogen-bond acceptors (Lipinski definition) is 3. The van der Waals surface area contributed by atoms with Crippen molar-refractivity contribution in [2.24, 2.45) is 0 Å².